The summed E-state index contributed by atoms with van der Waals surface area (Å²) in [5.74, 6) is -1.08. The molecule has 0 aromatic heterocycles. The number of halogens is 1. The van der Waals surface area contributed by atoms with Gasteiger partial charge in [-0.25, -0.2) is 4.39 Å². The summed E-state index contributed by atoms with van der Waals surface area (Å²) >= 11 is 0. The van der Waals surface area contributed by atoms with Gasteiger partial charge in [0.2, 0.25) is 0 Å². The third kappa shape index (κ3) is 3.57. The number of rotatable bonds is 5. The molecule has 2 N–H and O–H groups in total. The van der Waals surface area contributed by atoms with Crippen LogP contribution < -0.4 is 0 Å². The molecule has 3 unspecified atom stereocenters. The molecule has 0 saturated carbocycles. The molecule has 4 nitrogen and oxygen atoms in total. The van der Waals surface area contributed by atoms with Gasteiger partial charge in [-0.3, -0.25) is 9.69 Å². The maximum absolute atomic E-state index is 13.4. The Labute approximate surface area is 176 Å². The van der Waals surface area contributed by atoms with E-state index in [9.17, 15) is 19.4 Å². The molecule has 2 aliphatic rings. The number of fused-ring (bicyclic) bond motifs is 1. The van der Waals surface area contributed by atoms with Gasteiger partial charge in [-0.2, -0.15) is 0 Å². The minimum atomic E-state index is -1.09. The second-order valence-electron chi connectivity index (χ2n) is 8.50. The van der Waals surface area contributed by atoms with E-state index in [-0.39, 0.29) is 11.7 Å². The number of aryl methyl sites for hydroxylation is 1. The lowest BCUT2D eigenvalue weighted by molar-refractivity contribution is -0.143. The quantitative estimate of drug-likeness (QED) is 0.721. The van der Waals surface area contributed by atoms with Crippen molar-refractivity contribution in [1.82, 2.24) is 4.90 Å². The fraction of sp³-hybridized carbons (Fsp3) is 0.400. The number of aliphatic carboxylic acids is 1. The molecular formula is C25H28FNO3. The van der Waals surface area contributed by atoms with E-state index < -0.39 is 17.6 Å². The van der Waals surface area contributed by atoms with Gasteiger partial charge in [-0.15, -0.1) is 0 Å². The molecule has 1 heterocycles. The first-order valence-electron chi connectivity index (χ1n) is 10.6. The molecule has 0 spiro atoms. The smallest absolute Gasteiger partial charge is 0.320 e. The predicted molar refractivity (Wildman–Crippen MR) is 114 cm³/mol. The van der Waals surface area contributed by atoms with Gasteiger partial charge in [-0.1, -0.05) is 48.9 Å². The average molecular weight is 410 g/mol. The zero-order valence-corrected chi connectivity index (χ0v) is 17.4. The lowest BCUT2D eigenvalue weighted by Gasteiger charge is -2.36. The summed E-state index contributed by atoms with van der Waals surface area (Å²) in [4.78, 5) is 13.5. The Morgan fingerprint density at radius 2 is 2.00 bits per heavy atom. The van der Waals surface area contributed by atoms with Crippen LogP contribution in [0.4, 0.5) is 4.39 Å². The maximum atomic E-state index is 13.4. The van der Waals surface area contributed by atoms with Crippen molar-refractivity contribution in [2.24, 2.45) is 0 Å². The Morgan fingerprint density at radius 1 is 1.27 bits per heavy atom. The fourth-order valence-corrected chi connectivity index (χ4v) is 5.08. The predicted octanol–water partition coefficient (Wildman–Crippen LogP) is 4.35. The van der Waals surface area contributed by atoms with Crippen LogP contribution in [0.1, 0.15) is 54.4 Å². The molecule has 5 heteroatoms. The highest BCUT2D eigenvalue weighted by Crippen LogP contribution is 2.52. The minimum absolute atomic E-state index is 0.00691. The highest BCUT2D eigenvalue weighted by Gasteiger charge is 2.46. The molecule has 0 saturated heterocycles. The molecular weight excluding hydrogens is 381 g/mol. The van der Waals surface area contributed by atoms with Crippen LogP contribution in [0, 0.1) is 12.7 Å². The van der Waals surface area contributed by atoms with Crippen LogP contribution in [-0.4, -0.2) is 40.2 Å². The molecule has 158 valence electrons. The Bertz CT molecular complexity index is 984. The van der Waals surface area contributed by atoms with Gasteiger partial charge in [0.25, 0.3) is 0 Å². The summed E-state index contributed by atoms with van der Waals surface area (Å²) in [6.07, 6.45) is 3.70. The number of benzene rings is 2. The number of aliphatic hydroxyl groups is 1. The largest absolute Gasteiger partial charge is 0.480 e. The third-order valence-corrected chi connectivity index (χ3v) is 6.69. The summed E-state index contributed by atoms with van der Waals surface area (Å²) in [5.41, 5.74) is 3.94. The van der Waals surface area contributed by atoms with Gasteiger partial charge < -0.3 is 10.2 Å². The number of hydrogen-bond acceptors (Lipinski definition) is 3. The second kappa shape index (κ2) is 7.97. The summed E-state index contributed by atoms with van der Waals surface area (Å²) in [6, 6.07) is 12.2. The molecule has 0 bridgehead atoms. The normalized spacial score (nSPS) is 24.9. The molecule has 2 aromatic rings. The van der Waals surface area contributed by atoms with Crippen molar-refractivity contribution in [3.63, 3.8) is 0 Å². The minimum Gasteiger partial charge on any atom is -0.480 e. The van der Waals surface area contributed by atoms with Gasteiger partial charge in [0.15, 0.2) is 0 Å². The third-order valence-electron chi connectivity index (χ3n) is 6.69. The highest BCUT2D eigenvalue weighted by molar-refractivity contribution is 5.73. The van der Waals surface area contributed by atoms with Crippen LogP contribution in [-0.2, 0) is 10.4 Å². The van der Waals surface area contributed by atoms with Crippen LogP contribution >= 0.6 is 0 Å². The van der Waals surface area contributed by atoms with Gasteiger partial charge in [0.05, 0.1) is 0 Å². The van der Waals surface area contributed by atoms with Crippen molar-refractivity contribution in [3.8, 4) is 0 Å². The van der Waals surface area contributed by atoms with E-state index in [1.54, 1.807) is 12.1 Å². The van der Waals surface area contributed by atoms with E-state index in [4.69, 9.17) is 0 Å². The van der Waals surface area contributed by atoms with Crippen molar-refractivity contribution in [3.05, 3.63) is 82.2 Å². The van der Waals surface area contributed by atoms with Gasteiger partial charge in [0, 0.05) is 19.0 Å². The summed E-state index contributed by atoms with van der Waals surface area (Å²) < 4.78 is 13.4. The Kier molecular flexibility index (Phi) is 5.51. The second-order valence-corrected chi connectivity index (χ2v) is 8.50. The van der Waals surface area contributed by atoms with Crippen LogP contribution in [0.5, 0.6) is 0 Å². The zero-order valence-electron chi connectivity index (χ0n) is 17.4. The fourth-order valence-electron chi connectivity index (χ4n) is 5.08. The van der Waals surface area contributed by atoms with Gasteiger partial charge in [-0.05, 0) is 60.6 Å². The standard InChI is InChI=1S/C25H28FNO3/c1-3-23(24(28)29)27-12-10-18(11-13-27)25(30)15-21(17-5-7-19(26)8-6-17)20-9-4-16(2)14-22(20)25/h4-10,14,21,23,30H,3,11-13,15H2,1-2H3,(H,28,29). The molecule has 0 radical (unpaired) electrons. The summed E-state index contributed by atoms with van der Waals surface area (Å²) in [6.45, 7) is 5.03. The van der Waals surface area contributed by atoms with Crippen molar-refractivity contribution in [1.29, 1.82) is 0 Å². The number of hydrogen-bond donors (Lipinski definition) is 2. The molecule has 4 rings (SSSR count). The van der Waals surface area contributed by atoms with E-state index in [1.807, 2.05) is 24.8 Å². The Hall–Kier alpha value is -2.50. The number of nitrogens with zero attached hydrogens (tertiary/aromatic N) is 1. The summed E-state index contributed by atoms with van der Waals surface area (Å²) in [5, 5.41) is 21.3. The lowest BCUT2D eigenvalue weighted by Crippen LogP contribution is -2.44. The number of carboxylic acids is 1. The monoisotopic (exact) mass is 409 g/mol. The van der Waals surface area contributed by atoms with Gasteiger partial charge >= 0.3 is 5.97 Å². The topological polar surface area (TPSA) is 60.8 Å². The Morgan fingerprint density at radius 3 is 2.60 bits per heavy atom. The Balaban J connectivity index is 1.68. The van der Waals surface area contributed by atoms with E-state index in [1.165, 1.54) is 12.1 Å². The van der Waals surface area contributed by atoms with Crippen LogP contribution in [0.15, 0.2) is 54.1 Å². The molecule has 30 heavy (non-hydrogen) atoms. The van der Waals surface area contributed by atoms with Crippen molar-refractivity contribution >= 4 is 5.97 Å². The molecule has 1 aliphatic carbocycles. The first kappa shape index (κ1) is 20.8. The molecule has 3 atom stereocenters. The SMILES string of the molecule is CCC(C(=O)O)N1CC=C(C2(O)CC(c3ccc(F)cc3)c3ccc(C)cc32)CC1. The van der Waals surface area contributed by atoms with Crippen molar-refractivity contribution < 1.29 is 19.4 Å². The number of carboxylic acid groups (broad SMARTS) is 1. The molecule has 1 aliphatic heterocycles. The number of carbonyl (C=O) groups is 1. The van der Waals surface area contributed by atoms with E-state index in [0.717, 1.165) is 27.8 Å². The molecule has 0 amide bonds. The lowest BCUT2D eigenvalue weighted by atomic mass is 9.82. The summed E-state index contributed by atoms with van der Waals surface area (Å²) in [7, 11) is 0. The highest BCUT2D eigenvalue weighted by atomic mass is 19.1. The van der Waals surface area contributed by atoms with Gasteiger partial charge in [0.1, 0.15) is 17.5 Å². The van der Waals surface area contributed by atoms with E-state index >= 15 is 0 Å². The van der Waals surface area contributed by atoms with Crippen LogP contribution in [0.25, 0.3) is 0 Å². The first-order valence-corrected chi connectivity index (χ1v) is 10.6. The van der Waals surface area contributed by atoms with E-state index in [0.29, 0.717) is 32.4 Å². The first-order chi connectivity index (χ1) is 14.3. The van der Waals surface area contributed by atoms with Crippen LogP contribution in [0.3, 0.4) is 0 Å². The van der Waals surface area contributed by atoms with Crippen molar-refractivity contribution in [2.75, 3.05) is 13.1 Å². The van der Waals surface area contributed by atoms with E-state index in [2.05, 4.69) is 18.2 Å². The van der Waals surface area contributed by atoms with Crippen molar-refractivity contribution in [2.45, 2.75) is 50.7 Å². The average Bonchev–Trinajstić information content (AvgIpc) is 3.02. The molecule has 0 fully saturated rings. The zero-order chi connectivity index (χ0) is 21.5. The molecule has 2 aromatic carbocycles. The van der Waals surface area contributed by atoms with Crippen LogP contribution in [0.2, 0.25) is 0 Å². The maximum Gasteiger partial charge on any atom is 0.320 e.